The first-order chi connectivity index (χ1) is 6.56. The minimum atomic E-state index is -0.903. The highest BCUT2D eigenvalue weighted by Crippen LogP contribution is 2.11. The lowest BCUT2D eigenvalue weighted by atomic mass is 9.99. The van der Waals surface area contributed by atoms with Crippen molar-refractivity contribution in [1.29, 1.82) is 0 Å². The lowest BCUT2D eigenvalue weighted by Crippen LogP contribution is -2.33. The van der Waals surface area contributed by atoms with Crippen LogP contribution >= 0.6 is 0 Å². The minimum absolute atomic E-state index is 0.196. The molecule has 0 spiro atoms. The van der Waals surface area contributed by atoms with E-state index in [1.165, 1.54) is 14.2 Å². The Bertz CT molecular complexity index is 189. The molecule has 0 radical (unpaired) electrons. The average Bonchev–Trinajstić information content (AvgIpc) is 2.23. The second kappa shape index (κ2) is 6.37. The zero-order valence-electron chi connectivity index (χ0n) is 8.78. The lowest BCUT2D eigenvalue weighted by molar-refractivity contribution is -0.159. The van der Waals surface area contributed by atoms with Gasteiger partial charge in [-0.15, -0.1) is 0 Å². The van der Waals surface area contributed by atoms with Crippen molar-refractivity contribution >= 4 is 11.9 Å². The van der Waals surface area contributed by atoms with Gasteiger partial charge in [0.2, 0.25) is 0 Å². The topological polar surface area (TPSA) is 78.6 Å². The van der Waals surface area contributed by atoms with Gasteiger partial charge in [0.15, 0.2) is 5.92 Å². The first kappa shape index (κ1) is 12.9. The van der Waals surface area contributed by atoms with Crippen molar-refractivity contribution in [2.75, 3.05) is 14.2 Å². The van der Waals surface area contributed by atoms with Crippen LogP contribution in [0.15, 0.2) is 0 Å². The monoisotopic (exact) mass is 203 g/mol. The summed E-state index contributed by atoms with van der Waals surface area (Å²) in [5.41, 5.74) is 5.64. The van der Waals surface area contributed by atoms with Crippen LogP contribution < -0.4 is 5.73 Å². The van der Waals surface area contributed by atoms with Crippen molar-refractivity contribution in [2.24, 2.45) is 11.7 Å². The molecule has 0 rings (SSSR count). The van der Waals surface area contributed by atoms with Crippen molar-refractivity contribution in [2.45, 2.75) is 25.8 Å². The molecule has 14 heavy (non-hydrogen) atoms. The highest BCUT2D eigenvalue weighted by Gasteiger charge is 2.29. The largest absolute Gasteiger partial charge is 0.468 e. The third-order valence-electron chi connectivity index (χ3n) is 2.03. The number of carbonyl (C=O) groups is 2. The van der Waals surface area contributed by atoms with Crippen LogP contribution in [0.25, 0.3) is 0 Å². The first-order valence-corrected chi connectivity index (χ1v) is 4.48. The number of methoxy groups -OCH3 is 2. The standard InChI is InChI=1S/C9H17NO4/c1-4-6(10)5-7(8(11)13-2)9(12)14-3/h6-7H,4-5,10H2,1-3H3. The molecule has 82 valence electrons. The van der Waals surface area contributed by atoms with Crippen molar-refractivity contribution in [1.82, 2.24) is 0 Å². The van der Waals surface area contributed by atoms with Gasteiger partial charge >= 0.3 is 11.9 Å². The fraction of sp³-hybridized carbons (Fsp3) is 0.778. The van der Waals surface area contributed by atoms with Gasteiger partial charge in [-0.1, -0.05) is 6.92 Å². The fourth-order valence-corrected chi connectivity index (χ4v) is 1.04. The average molecular weight is 203 g/mol. The van der Waals surface area contributed by atoms with Crippen LogP contribution in [-0.4, -0.2) is 32.2 Å². The van der Waals surface area contributed by atoms with Gasteiger partial charge in [0.25, 0.3) is 0 Å². The van der Waals surface area contributed by atoms with Gasteiger partial charge < -0.3 is 15.2 Å². The Labute approximate surface area is 83.5 Å². The summed E-state index contributed by atoms with van der Waals surface area (Å²) in [4.78, 5) is 22.4. The highest BCUT2D eigenvalue weighted by atomic mass is 16.5. The molecule has 0 aliphatic rings. The van der Waals surface area contributed by atoms with Gasteiger partial charge in [-0.3, -0.25) is 9.59 Å². The molecular formula is C9H17NO4. The van der Waals surface area contributed by atoms with Gasteiger partial charge in [-0.25, -0.2) is 0 Å². The van der Waals surface area contributed by atoms with E-state index >= 15 is 0 Å². The van der Waals surface area contributed by atoms with Crippen LogP contribution in [0.4, 0.5) is 0 Å². The van der Waals surface area contributed by atoms with Gasteiger partial charge in [-0.2, -0.15) is 0 Å². The molecular weight excluding hydrogens is 186 g/mol. The molecule has 0 fully saturated rings. The third kappa shape index (κ3) is 3.74. The number of hydrogen-bond acceptors (Lipinski definition) is 5. The Kier molecular flexibility index (Phi) is 5.87. The zero-order chi connectivity index (χ0) is 11.1. The van der Waals surface area contributed by atoms with Crippen molar-refractivity contribution in [3.8, 4) is 0 Å². The summed E-state index contributed by atoms with van der Waals surface area (Å²) in [5, 5.41) is 0. The second-order valence-electron chi connectivity index (χ2n) is 3.00. The smallest absolute Gasteiger partial charge is 0.320 e. The van der Waals surface area contributed by atoms with Crippen LogP contribution in [0.3, 0.4) is 0 Å². The Morgan fingerprint density at radius 1 is 1.21 bits per heavy atom. The third-order valence-corrected chi connectivity index (χ3v) is 2.03. The van der Waals surface area contributed by atoms with E-state index in [4.69, 9.17) is 5.73 Å². The SMILES string of the molecule is CCC(N)CC(C(=O)OC)C(=O)OC. The molecule has 0 aromatic heterocycles. The second-order valence-corrected chi connectivity index (χ2v) is 3.00. The van der Waals surface area contributed by atoms with Crippen LogP contribution in [0.2, 0.25) is 0 Å². The molecule has 5 nitrogen and oxygen atoms in total. The van der Waals surface area contributed by atoms with Gasteiger partial charge in [0.1, 0.15) is 0 Å². The van der Waals surface area contributed by atoms with Crippen molar-refractivity contribution in [3.05, 3.63) is 0 Å². The summed E-state index contributed by atoms with van der Waals surface area (Å²) in [6, 6.07) is -0.196. The summed E-state index contributed by atoms with van der Waals surface area (Å²) in [6.07, 6.45) is 0.959. The van der Waals surface area contributed by atoms with E-state index < -0.39 is 17.9 Å². The molecule has 0 saturated carbocycles. The van der Waals surface area contributed by atoms with Gasteiger partial charge in [0, 0.05) is 6.04 Å². The van der Waals surface area contributed by atoms with E-state index in [1.54, 1.807) is 0 Å². The van der Waals surface area contributed by atoms with Gasteiger partial charge in [0.05, 0.1) is 14.2 Å². The minimum Gasteiger partial charge on any atom is -0.468 e. The van der Waals surface area contributed by atoms with E-state index in [-0.39, 0.29) is 12.5 Å². The molecule has 0 aliphatic heterocycles. The molecule has 0 amide bonds. The Morgan fingerprint density at radius 2 is 1.64 bits per heavy atom. The highest BCUT2D eigenvalue weighted by molar-refractivity contribution is 5.94. The van der Waals surface area contributed by atoms with E-state index in [9.17, 15) is 9.59 Å². The number of ether oxygens (including phenoxy) is 2. The molecule has 0 aliphatic carbocycles. The summed E-state index contributed by atoms with van der Waals surface area (Å²) in [6.45, 7) is 1.89. The number of rotatable bonds is 5. The van der Waals surface area contributed by atoms with E-state index in [0.717, 1.165) is 0 Å². The van der Waals surface area contributed by atoms with Crippen LogP contribution in [0, 0.1) is 5.92 Å². The van der Waals surface area contributed by atoms with Crippen LogP contribution in [0.5, 0.6) is 0 Å². The molecule has 5 heteroatoms. The molecule has 0 bridgehead atoms. The van der Waals surface area contributed by atoms with E-state index in [2.05, 4.69) is 9.47 Å². The quantitative estimate of drug-likeness (QED) is 0.505. The molecule has 0 heterocycles. The molecule has 0 aromatic carbocycles. The lowest BCUT2D eigenvalue weighted by Gasteiger charge is -2.15. The normalized spacial score (nSPS) is 12.4. The Balaban J connectivity index is 4.40. The zero-order valence-corrected chi connectivity index (χ0v) is 8.78. The first-order valence-electron chi connectivity index (χ1n) is 4.48. The number of esters is 2. The summed E-state index contributed by atoms with van der Waals surface area (Å²) in [5.74, 6) is -2.10. The van der Waals surface area contributed by atoms with E-state index in [1.807, 2.05) is 6.92 Å². The Morgan fingerprint density at radius 3 is 1.93 bits per heavy atom. The summed E-state index contributed by atoms with van der Waals surface area (Å²) in [7, 11) is 2.46. The maximum atomic E-state index is 11.2. The maximum absolute atomic E-state index is 11.2. The maximum Gasteiger partial charge on any atom is 0.320 e. The van der Waals surface area contributed by atoms with Crippen LogP contribution in [-0.2, 0) is 19.1 Å². The molecule has 1 atom stereocenters. The van der Waals surface area contributed by atoms with Crippen LogP contribution in [0.1, 0.15) is 19.8 Å². The summed E-state index contributed by atoms with van der Waals surface area (Å²) < 4.78 is 8.97. The van der Waals surface area contributed by atoms with Crippen molar-refractivity contribution < 1.29 is 19.1 Å². The van der Waals surface area contributed by atoms with E-state index in [0.29, 0.717) is 6.42 Å². The van der Waals surface area contributed by atoms with Crippen molar-refractivity contribution in [3.63, 3.8) is 0 Å². The predicted octanol–water partition coefficient (Wildman–Crippen LogP) is 0.0760. The number of carbonyl (C=O) groups excluding carboxylic acids is 2. The fourth-order valence-electron chi connectivity index (χ4n) is 1.04. The molecule has 0 aromatic rings. The number of nitrogens with two attached hydrogens (primary N) is 1. The molecule has 1 unspecified atom stereocenters. The summed E-state index contributed by atoms with van der Waals surface area (Å²) >= 11 is 0. The predicted molar refractivity (Wildman–Crippen MR) is 50.4 cm³/mol. The number of hydrogen-bond donors (Lipinski definition) is 1. The Hall–Kier alpha value is -1.10. The van der Waals surface area contributed by atoms with Gasteiger partial charge in [-0.05, 0) is 12.8 Å². The molecule has 2 N–H and O–H groups in total. The molecule has 0 saturated heterocycles.